The molecule has 1 heterocycles. The first-order valence-electron chi connectivity index (χ1n) is 6.24. The molecule has 5 nitrogen and oxygen atoms in total. The van der Waals surface area contributed by atoms with E-state index in [2.05, 4.69) is 22.2 Å². The average molecular weight is 261 g/mol. The Morgan fingerprint density at radius 1 is 1.47 bits per heavy atom. The highest BCUT2D eigenvalue weighted by atomic mass is 16.2. The summed E-state index contributed by atoms with van der Waals surface area (Å²) in [6, 6.07) is 3.13. The van der Waals surface area contributed by atoms with Crippen LogP contribution in [0.4, 0.5) is 0 Å². The van der Waals surface area contributed by atoms with Gasteiger partial charge in [-0.3, -0.25) is 14.6 Å². The Kier molecular flexibility index (Phi) is 5.73. The Bertz CT molecular complexity index is 472. The van der Waals surface area contributed by atoms with Crippen molar-refractivity contribution < 1.29 is 9.59 Å². The van der Waals surface area contributed by atoms with E-state index in [4.69, 9.17) is 0 Å². The van der Waals surface area contributed by atoms with Gasteiger partial charge in [0.15, 0.2) is 0 Å². The minimum atomic E-state index is -0.271. The van der Waals surface area contributed by atoms with Gasteiger partial charge in [-0.25, -0.2) is 0 Å². The molecule has 2 amide bonds. The van der Waals surface area contributed by atoms with Crippen LogP contribution in [0.3, 0.4) is 0 Å². The Balaban J connectivity index is 2.79. The monoisotopic (exact) mass is 261 g/mol. The van der Waals surface area contributed by atoms with E-state index in [0.717, 1.165) is 6.42 Å². The summed E-state index contributed by atoms with van der Waals surface area (Å²) in [5.74, 6) is -0.521. The number of rotatable bonds is 6. The normalized spacial score (nSPS) is 11.5. The highest BCUT2D eigenvalue weighted by molar-refractivity contribution is 5.98. The second-order valence-electron chi connectivity index (χ2n) is 4.21. The van der Waals surface area contributed by atoms with Crippen molar-refractivity contribution >= 4 is 11.8 Å². The summed E-state index contributed by atoms with van der Waals surface area (Å²) in [5, 5.41) is 5.46. The molecule has 1 rings (SSSR count). The summed E-state index contributed by atoms with van der Waals surface area (Å²) in [6.45, 7) is 7.81. The largest absolute Gasteiger partial charge is 0.349 e. The highest BCUT2D eigenvalue weighted by Gasteiger charge is 2.12. The number of carbonyl (C=O) groups excluding carboxylic acids is 2. The van der Waals surface area contributed by atoms with Crippen LogP contribution in [0, 0.1) is 0 Å². The molecule has 1 atom stereocenters. The Morgan fingerprint density at radius 3 is 2.84 bits per heavy atom. The van der Waals surface area contributed by atoms with Gasteiger partial charge >= 0.3 is 0 Å². The van der Waals surface area contributed by atoms with Crippen molar-refractivity contribution in [2.24, 2.45) is 0 Å². The van der Waals surface area contributed by atoms with E-state index in [0.29, 0.717) is 12.1 Å². The molecule has 1 aromatic heterocycles. The Morgan fingerprint density at radius 2 is 2.21 bits per heavy atom. The molecule has 1 aromatic rings. The number of pyridine rings is 1. The van der Waals surface area contributed by atoms with Crippen LogP contribution in [-0.4, -0.2) is 29.4 Å². The summed E-state index contributed by atoms with van der Waals surface area (Å²) in [7, 11) is 0. The molecule has 0 bridgehead atoms. The van der Waals surface area contributed by atoms with Gasteiger partial charge in [-0.05, 0) is 25.5 Å². The quantitative estimate of drug-likeness (QED) is 0.763. The third kappa shape index (κ3) is 4.54. The fourth-order valence-electron chi connectivity index (χ4n) is 1.36. The van der Waals surface area contributed by atoms with Crippen LogP contribution in [-0.2, 0) is 0 Å². The summed E-state index contributed by atoms with van der Waals surface area (Å²) in [6.07, 6.45) is 3.88. The van der Waals surface area contributed by atoms with Crippen LogP contribution < -0.4 is 10.6 Å². The van der Waals surface area contributed by atoms with Crippen LogP contribution in [0.1, 0.15) is 41.1 Å². The van der Waals surface area contributed by atoms with Crippen LogP contribution in [0.2, 0.25) is 0 Å². The molecule has 2 N–H and O–H groups in total. The number of amides is 2. The van der Waals surface area contributed by atoms with Crippen LogP contribution in [0.5, 0.6) is 0 Å². The molecule has 0 saturated heterocycles. The molecular weight excluding hydrogens is 242 g/mol. The molecule has 19 heavy (non-hydrogen) atoms. The zero-order chi connectivity index (χ0) is 14.3. The highest BCUT2D eigenvalue weighted by Crippen LogP contribution is 2.03. The Labute approximate surface area is 113 Å². The van der Waals surface area contributed by atoms with E-state index in [1.165, 1.54) is 12.3 Å². The minimum absolute atomic E-state index is 0.0764. The predicted octanol–water partition coefficient (Wildman–Crippen LogP) is 1.53. The zero-order valence-electron chi connectivity index (χ0n) is 11.3. The molecular formula is C14H19N3O2. The molecule has 0 aliphatic rings. The van der Waals surface area contributed by atoms with Crippen molar-refractivity contribution in [1.29, 1.82) is 0 Å². The maximum absolute atomic E-state index is 11.9. The van der Waals surface area contributed by atoms with Crippen LogP contribution >= 0.6 is 0 Å². The molecule has 0 radical (unpaired) electrons. The SMILES string of the molecule is C=CCNC(=O)c1ccnc(C(=O)NC(C)CC)c1. The van der Waals surface area contributed by atoms with Crippen LogP contribution in [0.25, 0.3) is 0 Å². The van der Waals surface area contributed by atoms with Gasteiger partial charge in [-0.15, -0.1) is 6.58 Å². The second kappa shape index (κ2) is 7.31. The van der Waals surface area contributed by atoms with E-state index in [1.807, 2.05) is 13.8 Å². The van der Waals surface area contributed by atoms with E-state index >= 15 is 0 Å². The molecule has 0 saturated carbocycles. The lowest BCUT2D eigenvalue weighted by Gasteiger charge is -2.11. The van der Waals surface area contributed by atoms with Gasteiger partial charge in [0.25, 0.3) is 11.8 Å². The van der Waals surface area contributed by atoms with Gasteiger partial charge in [0.05, 0.1) is 0 Å². The van der Waals surface area contributed by atoms with Gasteiger partial charge in [0.1, 0.15) is 5.69 Å². The molecule has 0 spiro atoms. The maximum Gasteiger partial charge on any atom is 0.270 e. The number of hydrogen-bond acceptors (Lipinski definition) is 3. The fourth-order valence-corrected chi connectivity index (χ4v) is 1.36. The van der Waals surface area contributed by atoms with Crippen molar-refractivity contribution in [2.45, 2.75) is 26.3 Å². The van der Waals surface area contributed by atoms with E-state index in [1.54, 1.807) is 12.1 Å². The lowest BCUT2D eigenvalue weighted by Crippen LogP contribution is -2.33. The lowest BCUT2D eigenvalue weighted by atomic mass is 10.2. The van der Waals surface area contributed by atoms with Gasteiger partial charge in [0.2, 0.25) is 0 Å². The molecule has 0 fully saturated rings. The third-order valence-electron chi connectivity index (χ3n) is 2.65. The fraction of sp³-hybridized carbons (Fsp3) is 0.357. The van der Waals surface area contributed by atoms with Crippen molar-refractivity contribution in [2.75, 3.05) is 6.54 Å². The molecule has 0 aliphatic heterocycles. The molecule has 5 heteroatoms. The Hall–Kier alpha value is -2.17. The van der Waals surface area contributed by atoms with Crippen LogP contribution in [0.15, 0.2) is 31.0 Å². The van der Waals surface area contributed by atoms with Crippen molar-refractivity contribution in [3.63, 3.8) is 0 Å². The van der Waals surface area contributed by atoms with Gasteiger partial charge in [0, 0.05) is 24.3 Å². The summed E-state index contributed by atoms with van der Waals surface area (Å²) >= 11 is 0. The number of aromatic nitrogens is 1. The number of nitrogens with one attached hydrogen (secondary N) is 2. The first kappa shape index (κ1) is 14.9. The minimum Gasteiger partial charge on any atom is -0.349 e. The third-order valence-corrected chi connectivity index (χ3v) is 2.65. The smallest absolute Gasteiger partial charge is 0.270 e. The van der Waals surface area contributed by atoms with E-state index in [9.17, 15) is 9.59 Å². The number of carbonyl (C=O) groups is 2. The first-order chi connectivity index (χ1) is 9.08. The summed E-state index contributed by atoms with van der Waals surface area (Å²) < 4.78 is 0. The van der Waals surface area contributed by atoms with E-state index < -0.39 is 0 Å². The lowest BCUT2D eigenvalue weighted by molar-refractivity contribution is 0.0934. The van der Waals surface area contributed by atoms with Gasteiger partial charge < -0.3 is 10.6 Å². The standard InChI is InChI=1S/C14H19N3O2/c1-4-7-16-13(18)11-6-8-15-12(9-11)14(19)17-10(3)5-2/h4,6,8-10H,1,5,7H2,2-3H3,(H,16,18)(H,17,19). The summed E-state index contributed by atoms with van der Waals surface area (Å²) in [4.78, 5) is 27.6. The zero-order valence-corrected chi connectivity index (χ0v) is 11.3. The van der Waals surface area contributed by atoms with E-state index in [-0.39, 0.29) is 23.6 Å². The summed E-state index contributed by atoms with van der Waals surface area (Å²) in [5.41, 5.74) is 0.651. The number of nitrogens with zero attached hydrogens (tertiary/aromatic N) is 1. The number of hydrogen-bond donors (Lipinski definition) is 2. The van der Waals surface area contributed by atoms with Crippen molar-refractivity contribution in [3.05, 3.63) is 42.2 Å². The van der Waals surface area contributed by atoms with Gasteiger partial charge in [-0.2, -0.15) is 0 Å². The average Bonchev–Trinajstić information content (AvgIpc) is 2.44. The topological polar surface area (TPSA) is 71.1 Å². The second-order valence-corrected chi connectivity index (χ2v) is 4.21. The molecule has 0 aromatic carbocycles. The molecule has 1 unspecified atom stereocenters. The maximum atomic E-state index is 11.9. The first-order valence-corrected chi connectivity index (χ1v) is 6.24. The molecule has 102 valence electrons. The van der Waals surface area contributed by atoms with Crippen molar-refractivity contribution in [1.82, 2.24) is 15.6 Å². The van der Waals surface area contributed by atoms with Crippen molar-refractivity contribution in [3.8, 4) is 0 Å². The predicted molar refractivity (Wildman–Crippen MR) is 74.0 cm³/mol. The molecule has 0 aliphatic carbocycles. The van der Waals surface area contributed by atoms with Gasteiger partial charge in [-0.1, -0.05) is 13.0 Å².